The molecule has 1 unspecified atom stereocenters. The maximum Gasteiger partial charge on any atom is 0.266 e. The van der Waals surface area contributed by atoms with E-state index in [1.807, 2.05) is 0 Å². The molecule has 10 heavy (non-hydrogen) atoms. The Morgan fingerprint density at radius 2 is 2.30 bits per heavy atom. The van der Waals surface area contributed by atoms with Gasteiger partial charge in [0.2, 0.25) is 0 Å². The third-order valence-electron chi connectivity index (χ3n) is 1.57. The van der Waals surface area contributed by atoms with Crippen molar-refractivity contribution in [1.82, 2.24) is 5.32 Å². The second kappa shape index (κ2) is 2.86. The molecule has 0 spiro atoms. The standard InChI is InChI=1S/C5H11NO3S/c7-10(8,9)4-5-2-1-3-6-5/h5-6H,1-4H2,(H,7,8,9). The van der Waals surface area contributed by atoms with Crippen molar-refractivity contribution in [2.24, 2.45) is 0 Å². The van der Waals surface area contributed by atoms with Crippen LogP contribution in [0, 0.1) is 0 Å². The minimum Gasteiger partial charge on any atom is -0.313 e. The highest BCUT2D eigenvalue weighted by Gasteiger charge is 2.19. The average molecular weight is 165 g/mol. The zero-order chi connectivity index (χ0) is 7.61. The Kier molecular flexibility index (Phi) is 2.28. The van der Waals surface area contributed by atoms with Crippen molar-refractivity contribution in [2.45, 2.75) is 18.9 Å². The van der Waals surface area contributed by atoms with Crippen LogP contribution in [-0.4, -0.2) is 31.3 Å². The van der Waals surface area contributed by atoms with Gasteiger partial charge in [0, 0.05) is 6.04 Å². The summed E-state index contributed by atoms with van der Waals surface area (Å²) in [5.41, 5.74) is 0. The van der Waals surface area contributed by atoms with Crippen molar-refractivity contribution in [1.29, 1.82) is 0 Å². The summed E-state index contributed by atoms with van der Waals surface area (Å²) >= 11 is 0. The minimum absolute atomic E-state index is 0.0324. The van der Waals surface area contributed by atoms with Crippen LogP contribution in [0.5, 0.6) is 0 Å². The van der Waals surface area contributed by atoms with Gasteiger partial charge in [-0.1, -0.05) is 0 Å². The van der Waals surface area contributed by atoms with E-state index in [-0.39, 0.29) is 11.8 Å². The molecule has 1 atom stereocenters. The highest BCUT2D eigenvalue weighted by atomic mass is 32.2. The number of hydrogen-bond acceptors (Lipinski definition) is 3. The summed E-state index contributed by atoms with van der Waals surface area (Å²) < 4.78 is 29.0. The van der Waals surface area contributed by atoms with Crippen LogP contribution in [0.4, 0.5) is 0 Å². The van der Waals surface area contributed by atoms with Gasteiger partial charge in [-0.05, 0) is 19.4 Å². The van der Waals surface area contributed by atoms with Gasteiger partial charge in [-0.15, -0.1) is 0 Å². The molecule has 1 saturated heterocycles. The molecule has 1 fully saturated rings. The maximum atomic E-state index is 10.3. The smallest absolute Gasteiger partial charge is 0.266 e. The fraction of sp³-hybridized carbons (Fsp3) is 1.00. The molecule has 2 N–H and O–H groups in total. The number of nitrogens with one attached hydrogen (secondary N) is 1. The van der Waals surface area contributed by atoms with Crippen molar-refractivity contribution >= 4 is 10.1 Å². The summed E-state index contributed by atoms with van der Waals surface area (Å²) in [5.74, 6) is -0.146. The van der Waals surface area contributed by atoms with Crippen LogP contribution in [0.15, 0.2) is 0 Å². The summed E-state index contributed by atoms with van der Waals surface area (Å²) in [7, 11) is -3.77. The van der Waals surface area contributed by atoms with Gasteiger partial charge in [-0.2, -0.15) is 8.42 Å². The number of hydrogen-bond donors (Lipinski definition) is 2. The predicted octanol–water partition coefficient (Wildman–Crippen LogP) is -0.374. The first-order chi connectivity index (χ1) is 4.58. The lowest BCUT2D eigenvalue weighted by Crippen LogP contribution is -2.29. The third kappa shape index (κ3) is 2.64. The lowest BCUT2D eigenvalue weighted by molar-refractivity contribution is 0.473. The molecule has 0 radical (unpaired) electrons. The van der Waals surface area contributed by atoms with Gasteiger partial charge in [0.15, 0.2) is 0 Å². The largest absolute Gasteiger partial charge is 0.313 e. The maximum absolute atomic E-state index is 10.3. The van der Waals surface area contributed by atoms with Gasteiger partial charge in [0.05, 0.1) is 5.75 Å². The second-order valence-electron chi connectivity index (χ2n) is 2.54. The monoisotopic (exact) mass is 165 g/mol. The van der Waals surface area contributed by atoms with Gasteiger partial charge in [-0.3, -0.25) is 4.55 Å². The lowest BCUT2D eigenvalue weighted by Gasteiger charge is -2.05. The fourth-order valence-corrected chi connectivity index (χ4v) is 1.95. The van der Waals surface area contributed by atoms with Crippen molar-refractivity contribution in [3.8, 4) is 0 Å². The molecular weight excluding hydrogens is 154 g/mol. The van der Waals surface area contributed by atoms with E-state index in [9.17, 15) is 8.42 Å². The Labute approximate surface area is 60.4 Å². The fourth-order valence-electron chi connectivity index (χ4n) is 1.15. The van der Waals surface area contributed by atoms with E-state index >= 15 is 0 Å². The van der Waals surface area contributed by atoms with Crippen LogP contribution in [-0.2, 0) is 10.1 Å². The molecule has 1 rings (SSSR count). The first-order valence-electron chi connectivity index (χ1n) is 3.26. The Morgan fingerprint density at radius 1 is 1.60 bits per heavy atom. The normalized spacial score (nSPS) is 27.1. The first kappa shape index (κ1) is 7.97. The quantitative estimate of drug-likeness (QED) is 0.548. The summed E-state index contributed by atoms with van der Waals surface area (Å²) in [6, 6.07) is -0.0324. The summed E-state index contributed by atoms with van der Waals surface area (Å²) in [5, 5.41) is 2.97. The Hall–Kier alpha value is -0.130. The van der Waals surface area contributed by atoms with Crippen LogP contribution < -0.4 is 5.32 Å². The van der Waals surface area contributed by atoms with Crippen LogP contribution >= 0.6 is 0 Å². The Bertz CT molecular complexity index is 193. The van der Waals surface area contributed by atoms with Gasteiger partial charge in [0.25, 0.3) is 10.1 Å². The van der Waals surface area contributed by atoms with Crippen LogP contribution in [0.3, 0.4) is 0 Å². The summed E-state index contributed by atoms with van der Waals surface area (Å²) in [6.07, 6.45) is 1.85. The molecule has 0 bridgehead atoms. The molecule has 4 nitrogen and oxygen atoms in total. The van der Waals surface area contributed by atoms with E-state index in [0.717, 1.165) is 19.4 Å². The molecule has 1 heterocycles. The molecule has 1 aliphatic rings. The van der Waals surface area contributed by atoms with E-state index in [2.05, 4.69) is 5.32 Å². The summed E-state index contributed by atoms with van der Waals surface area (Å²) in [6.45, 7) is 0.861. The third-order valence-corrected chi connectivity index (χ3v) is 2.40. The van der Waals surface area contributed by atoms with Crippen molar-refractivity contribution in [3.05, 3.63) is 0 Å². The van der Waals surface area contributed by atoms with E-state index < -0.39 is 10.1 Å². The molecule has 0 aromatic heterocycles. The van der Waals surface area contributed by atoms with E-state index in [4.69, 9.17) is 4.55 Å². The average Bonchev–Trinajstić information content (AvgIpc) is 2.12. The highest BCUT2D eigenvalue weighted by Crippen LogP contribution is 2.06. The van der Waals surface area contributed by atoms with Crippen LogP contribution in [0.1, 0.15) is 12.8 Å². The predicted molar refractivity (Wildman–Crippen MR) is 37.4 cm³/mol. The van der Waals surface area contributed by atoms with Crippen LogP contribution in [0.25, 0.3) is 0 Å². The summed E-state index contributed by atoms with van der Waals surface area (Å²) in [4.78, 5) is 0. The number of rotatable bonds is 2. The van der Waals surface area contributed by atoms with Gasteiger partial charge in [0.1, 0.15) is 0 Å². The molecule has 0 aliphatic carbocycles. The van der Waals surface area contributed by atoms with E-state index in [0.29, 0.717) is 0 Å². The molecule has 5 heteroatoms. The zero-order valence-electron chi connectivity index (χ0n) is 5.58. The molecule has 0 aromatic rings. The molecule has 0 saturated carbocycles. The molecule has 60 valence electrons. The van der Waals surface area contributed by atoms with Crippen molar-refractivity contribution in [2.75, 3.05) is 12.3 Å². The van der Waals surface area contributed by atoms with Gasteiger partial charge >= 0.3 is 0 Å². The lowest BCUT2D eigenvalue weighted by atomic mass is 10.3. The van der Waals surface area contributed by atoms with Crippen LogP contribution in [0.2, 0.25) is 0 Å². The molecule has 1 aliphatic heterocycles. The Morgan fingerprint density at radius 3 is 2.70 bits per heavy atom. The van der Waals surface area contributed by atoms with Crippen molar-refractivity contribution in [3.63, 3.8) is 0 Å². The zero-order valence-corrected chi connectivity index (χ0v) is 6.39. The van der Waals surface area contributed by atoms with Gasteiger partial charge in [-0.25, -0.2) is 0 Å². The van der Waals surface area contributed by atoms with E-state index in [1.54, 1.807) is 0 Å². The molecular formula is C5H11NO3S. The van der Waals surface area contributed by atoms with Gasteiger partial charge < -0.3 is 5.32 Å². The van der Waals surface area contributed by atoms with E-state index in [1.165, 1.54) is 0 Å². The Balaban J connectivity index is 2.38. The SMILES string of the molecule is O=S(=O)(O)CC1CCCN1. The minimum atomic E-state index is -3.77. The molecule has 0 amide bonds. The van der Waals surface area contributed by atoms with Crippen molar-refractivity contribution < 1.29 is 13.0 Å². The topological polar surface area (TPSA) is 66.4 Å². The molecule has 0 aromatic carbocycles. The first-order valence-corrected chi connectivity index (χ1v) is 4.87. The highest BCUT2D eigenvalue weighted by molar-refractivity contribution is 7.85. The second-order valence-corrected chi connectivity index (χ2v) is 4.04.